The molecule has 2 aromatic rings. The number of hydrogen-bond acceptors (Lipinski definition) is 4. The molecule has 0 spiro atoms. The molecule has 0 amide bonds. The minimum atomic E-state index is -3.84. The van der Waals surface area contributed by atoms with Gasteiger partial charge in [-0.1, -0.05) is 11.6 Å². The summed E-state index contributed by atoms with van der Waals surface area (Å²) in [6.45, 7) is 0. The zero-order valence-corrected chi connectivity index (χ0v) is 12.6. The van der Waals surface area contributed by atoms with Crippen molar-refractivity contribution in [2.45, 2.75) is 4.90 Å². The highest BCUT2D eigenvalue weighted by molar-refractivity contribution is 9.10. The van der Waals surface area contributed by atoms with Gasteiger partial charge in [0.15, 0.2) is 5.82 Å². The largest absolute Gasteiger partial charge is 0.398 e. The van der Waals surface area contributed by atoms with Crippen molar-refractivity contribution in [3.63, 3.8) is 0 Å². The molecule has 2 rings (SSSR count). The summed E-state index contributed by atoms with van der Waals surface area (Å²) in [5, 5.41) is 0.287. The summed E-state index contributed by atoms with van der Waals surface area (Å²) in [5.41, 5.74) is 5.77. The lowest BCUT2D eigenvalue weighted by Gasteiger charge is -2.10. The highest BCUT2D eigenvalue weighted by Crippen LogP contribution is 2.26. The van der Waals surface area contributed by atoms with Crippen LogP contribution in [0.5, 0.6) is 0 Å². The van der Waals surface area contributed by atoms with Gasteiger partial charge in [0, 0.05) is 11.2 Å². The molecule has 0 unspecified atom stereocenters. The number of nitrogens with two attached hydrogens (primary N) is 1. The molecule has 5 nitrogen and oxygen atoms in total. The number of halogens is 2. The summed E-state index contributed by atoms with van der Waals surface area (Å²) < 4.78 is 27.3. The van der Waals surface area contributed by atoms with Crippen LogP contribution in [-0.2, 0) is 10.0 Å². The molecule has 0 saturated heterocycles. The average Bonchev–Trinajstić information content (AvgIpc) is 2.35. The third-order valence-electron chi connectivity index (χ3n) is 2.25. The van der Waals surface area contributed by atoms with Gasteiger partial charge in [-0.15, -0.1) is 0 Å². The normalized spacial score (nSPS) is 11.3. The maximum Gasteiger partial charge on any atom is 0.265 e. The first-order valence-corrected chi connectivity index (χ1v) is 7.74. The third kappa shape index (κ3) is 3.17. The van der Waals surface area contributed by atoms with Crippen molar-refractivity contribution < 1.29 is 8.42 Å². The number of benzene rings is 1. The first-order chi connectivity index (χ1) is 8.90. The van der Waals surface area contributed by atoms with Crippen molar-refractivity contribution in [1.29, 1.82) is 0 Å². The second-order valence-corrected chi connectivity index (χ2v) is 6.56. The Morgan fingerprint density at radius 3 is 2.74 bits per heavy atom. The van der Waals surface area contributed by atoms with E-state index in [4.69, 9.17) is 17.3 Å². The number of nitrogen functional groups attached to an aromatic ring is 1. The van der Waals surface area contributed by atoms with Crippen LogP contribution >= 0.6 is 27.5 Å². The molecular formula is C11H9BrClN3O2S. The van der Waals surface area contributed by atoms with Crippen LogP contribution in [0, 0.1) is 0 Å². The smallest absolute Gasteiger partial charge is 0.265 e. The van der Waals surface area contributed by atoms with E-state index < -0.39 is 10.0 Å². The van der Waals surface area contributed by atoms with E-state index in [1.807, 2.05) is 0 Å². The Morgan fingerprint density at radius 2 is 2.05 bits per heavy atom. The van der Waals surface area contributed by atoms with Crippen molar-refractivity contribution in [1.82, 2.24) is 4.98 Å². The Labute approximate surface area is 124 Å². The molecule has 1 aromatic heterocycles. The molecule has 100 valence electrons. The highest BCUT2D eigenvalue weighted by atomic mass is 79.9. The van der Waals surface area contributed by atoms with Crippen LogP contribution in [-0.4, -0.2) is 13.4 Å². The van der Waals surface area contributed by atoms with E-state index >= 15 is 0 Å². The molecule has 0 atom stereocenters. The number of rotatable bonds is 3. The SMILES string of the molecule is Nc1ccc(Cl)cc1S(=O)(=O)Nc1ncccc1Br. The van der Waals surface area contributed by atoms with Gasteiger partial charge in [-0.05, 0) is 46.3 Å². The summed E-state index contributed by atoms with van der Waals surface area (Å²) in [6, 6.07) is 7.59. The number of sulfonamides is 1. The minimum absolute atomic E-state index is 0.0856. The van der Waals surface area contributed by atoms with E-state index in [2.05, 4.69) is 25.6 Å². The highest BCUT2D eigenvalue weighted by Gasteiger charge is 2.19. The predicted molar refractivity (Wildman–Crippen MR) is 78.6 cm³/mol. The van der Waals surface area contributed by atoms with Gasteiger partial charge in [0.2, 0.25) is 0 Å². The monoisotopic (exact) mass is 361 g/mol. The van der Waals surface area contributed by atoms with Crippen LogP contribution in [0.4, 0.5) is 11.5 Å². The number of nitrogens with zero attached hydrogens (tertiary/aromatic N) is 1. The molecule has 0 radical (unpaired) electrons. The number of pyridine rings is 1. The topological polar surface area (TPSA) is 85.1 Å². The molecule has 0 bridgehead atoms. The second-order valence-electron chi connectivity index (χ2n) is 3.62. The maximum absolute atomic E-state index is 12.2. The van der Waals surface area contributed by atoms with Gasteiger partial charge in [-0.3, -0.25) is 4.72 Å². The fourth-order valence-corrected chi connectivity index (χ4v) is 3.29. The van der Waals surface area contributed by atoms with Crippen molar-refractivity contribution in [3.05, 3.63) is 46.0 Å². The Hall–Kier alpha value is -1.31. The lowest BCUT2D eigenvalue weighted by atomic mass is 10.3. The number of hydrogen-bond donors (Lipinski definition) is 2. The van der Waals surface area contributed by atoms with Gasteiger partial charge in [0.1, 0.15) is 4.90 Å². The van der Waals surface area contributed by atoms with Gasteiger partial charge in [-0.25, -0.2) is 13.4 Å². The van der Waals surface area contributed by atoms with E-state index in [1.54, 1.807) is 12.1 Å². The molecule has 0 aliphatic carbocycles. The molecule has 0 saturated carbocycles. The number of anilines is 2. The van der Waals surface area contributed by atoms with Crippen LogP contribution < -0.4 is 10.5 Å². The Balaban J connectivity index is 2.44. The van der Waals surface area contributed by atoms with E-state index in [0.717, 1.165) is 0 Å². The first kappa shape index (κ1) is 14.1. The molecule has 3 N–H and O–H groups in total. The Bertz CT molecular complexity index is 722. The van der Waals surface area contributed by atoms with Crippen molar-refractivity contribution in [2.75, 3.05) is 10.5 Å². The van der Waals surface area contributed by atoms with Crippen LogP contribution in [0.15, 0.2) is 45.9 Å². The molecular weight excluding hydrogens is 354 g/mol. The van der Waals surface area contributed by atoms with Gasteiger partial charge in [0.25, 0.3) is 10.0 Å². The van der Waals surface area contributed by atoms with Crippen LogP contribution in [0.2, 0.25) is 5.02 Å². The fourth-order valence-electron chi connectivity index (χ4n) is 1.38. The van der Waals surface area contributed by atoms with Crippen LogP contribution in [0.3, 0.4) is 0 Å². The average molecular weight is 363 g/mol. The number of aromatic nitrogens is 1. The van der Waals surface area contributed by atoms with E-state index in [-0.39, 0.29) is 21.4 Å². The Morgan fingerprint density at radius 1 is 1.32 bits per heavy atom. The third-order valence-corrected chi connectivity index (χ3v) is 4.52. The molecule has 8 heteroatoms. The summed E-state index contributed by atoms with van der Waals surface area (Å²) in [4.78, 5) is 3.84. The predicted octanol–water partition coefficient (Wildman–Crippen LogP) is 2.88. The van der Waals surface area contributed by atoms with Gasteiger partial charge >= 0.3 is 0 Å². The number of nitrogens with one attached hydrogen (secondary N) is 1. The lowest BCUT2D eigenvalue weighted by Crippen LogP contribution is -2.16. The van der Waals surface area contributed by atoms with Crippen LogP contribution in [0.1, 0.15) is 0 Å². The molecule has 0 aliphatic heterocycles. The summed E-state index contributed by atoms with van der Waals surface area (Å²) in [6.07, 6.45) is 1.48. The molecule has 19 heavy (non-hydrogen) atoms. The quantitative estimate of drug-likeness (QED) is 0.822. The van der Waals surface area contributed by atoms with Gasteiger partial charge < -0.3 is 5.73 Å². The van der Waals surface area contributed by atoms with E-state index in [9.17, 15) is 8.42 Å². The van der Waals surface area contributed by atoms with Gasteiger partial charge in [-0.2, -0.15) is 0 Å². The molecule has 0 aliphatic rings. The van der Waals surface area contributed by atoms with Gasteiger partial charge in [0.05, 0.1) is 10.2 Å². The fraction of sp³-hybridized carbons (Fsp3) is 0. The zero-order valence-electron chi connectivity index (χ0n) is 9.47. The Kier molecular flexibility index (Phi) is 3.98. The summed E-state index contributed by atoms with van der Waals surface area (Å²) in [7, 11) is -3.84. The maximum atomic E-state index is 12.2. The molecule has 1 aromatic carbocycles. The second kappa shape index (κ2) is 5.36. The molecule has 1 heterocycles. The molecule has 0 fully saturated rings. The zero-order chi connectivity index (χ0) is 14.0. The summed E-state index contributed by atoms with van der Waals surface area (Å²) in [5.74, 6) is 0.182. The van der Waals surface area contributed by atoms with Crippen LogP contribution in [0.25, 0.3) is 0 Å². The summed E-state index contributed by atoms with van der Waals surface area (Å²) >= 11 is 8.99. The van der Waals surface area contributed by atoms with Crippen molar-refractivity contribution >= 4 is 49.1 Å². The minimum Gasteiger partial charge on any atom is -0.398 e. The first-order valence-electron chi connectivity index (χ1n) is 5.08. The lowest BCUT2D eigenvalue weighted by molar-refractivity contribution is 0.601. The standard InChI is InChI=1S/C11H9BrClN3O2S/c12-8-2-1-5-15-11(8)16-19(17,18)10-6-7(13)3-4-9(10)14/h1-6H,14H2,(H,15,16). The van der Waals surface area contributed by atoms with Crippen molar-refractivity contribution in [3.8, 4) is 0 Å². The van der Waals surface area contributed by atoms with E-state index in [0.29, 0.717) is 4.47 Å². The van der Waals surface area contributed by atoms with E-state index in [1.165, 1.54) is 24.4 Å². The van der Waals surface area contributed by atoms with Crippen molar-refractivity contribution in [2.24, 2.45) is 0 Å².